The van der Waals surface area contributed by atoms with E-state index in [1.54, 1.807) is 11.0 Å². The zero-order valence-corrected chi connectivity index (χ0v) is 18.6. The number of furan rings is 1. The fraction of sp³-hybridized carbons (Fsp3) is 0.583. The molecule has 6 nitrogen and oxygen atoms in total. The molecule has 7 heteroatoms. The van der Waals surface area contributed by atoms with Crippen molar-refractivity contribution in [2.45, 2.75) is 52.5 Å². The monoisotopic (exact) mass is 429 g/mol. The first-order chi connectivity index (χ1) is 14.8. The number of halogens is 1. The number of rotatable bonds is 3. The van der Waals surface area contributed by atoms with E-state index >= 15 is 0 Å². The Morgan fingerprint density at radius 2 is 1.74 bits per heavy atom. The average Bonchev–Trinajstić information content (AvgIpc) is 3.10. The summed E-state index contributed by atoms with van der Waals surface area (Å²) in [5, 5.41) is 3.72. The Morgan fingerprint density at radius 3 is 2.42 bits per heavy atom. The van der Waals surface area contributed by atoms with Gasteiger partial charge in [-0.15, -0.1) is 0 Å². The van der Waals surface area contributed by atoms with Crippen LogP contribution in [0.3, 0.4) is 0 Å². The maximum atomic E-state index is 13.6. The first-order valence-electron chi connectivity index (χ1n) is 11.4. The van der Waals surface area contributed by atoms with Crippen molar-refractivity contribution >= 4 is 22.9 Å². The molecule has 1 atom stereocenters. The zero-order chi connectivity index (χ0) is 22.1. The van der Waals surface area contributed by atoms with Crippen LogP contribution in [-0.2, 0) is 4.79 Å². The van der Waals surface area contributed by atoms with E-state index in [9.17, 15) is 14.0 Å². The molecule has 1 aromatic carbocycles. The summed E-state index contributed by atoms with van der Waals surface area (Å²) in [7, 11) is 0. The third kappa shape index (κ3) is 4.55. The summed E-state index contributed by atoms with van der Waals surface area (Å²) in [5.74, 6) is 1.30. The van der Waals surface area contributed by atoms with Crippen LogP contribution in [0.4, 0.5) is 9.18 Å². The van der Waals surface area contributed by atoms with Gasteiger partial charge in [0, 0.05) is 43.0 Å². The summed E-state index contributed by atoms with van der Waals surface area (Å²) in [6.07, 6.45) is 3.57. The van der Waals surface area contributed by atoms with Gasteiger partial charge in [-0.1, -0.05) is 6.92 Å². The van der Waals surface area contributed by atoms with E-state index < -0.39 is 0 Å². The molecule has 1 aromatic heterocycles. The number of amides is 3. The minimum atomic E-state index is -0.336. The molecule has 0 aliphatic carbocycles. The number of carbonyl (C=O) groups excluding carboxylic acids is 2. The summed E-state index contributed by atoms with van der Waals surface area (Å²) in [4.78, 5) is 29.4. The molecule has 1 N–H and O–H groups in total. The summed E-state index contributed by atoms with van der Waals surface area (Å²) < 4.78 is 19.4. The molecule has 3 amide bonds. The van der Waals surface area contributed by atoms with Crippen molar-refractivity contribution in [3.05, 3.63) is 35.3 Å². The highest BCUT2D eigenvalue weighted by Crippen LogP contribution is 2.30. The predicted octanol–water partition coefficient (Wildman–Crippen LogP) is 4.62. The largest absolute Gasteiger partial charge is 0.459 e. The number of piperidine rings is 2. The van der Waals surface area contributed by atoms with Crippen molar-refractivity contribution in [3.8, 4) is 0 Å². The Kier molecular flexibility index (Phi) is 6.21. The van der Waals surface area contributed by atoms with Crippen LogP contribution in [-0.4, -0.2) is 47.9 Å². The number of nitrogens with one attached hydrogen (secondary N) is 1. The zero-order valence-electron chi connectivity index (χ0n) is 18.6. The van der Waals surface area contributed by atoms with Gasteiger partial charge < -0.3 is 19.5 Å². The Labute approximate surface area is 182 Å². The summed E-state index contributed by atoms with van der Waals surface area (Å²) in [5.41, 5.74) is 1.45. The van der Waals surface area contributed by atoms with Crippen molar-refractivity contribution in [2.24, 2.45) is 11.8 Å². The molecular weight excluding hydrogens is 397 g/mol. The van der Waals surface area contributed by atoms with E-state index in [4.69, 9.17) is 4.42 Å². The Balaban J connectivity index is 1.32. The Bertz CT molecular complexity index is 956. The second-order valence-corrected chi connectivity index (χ2v) is 9.17. The Hall–Kier alpha value is -2.57. The van der Waals surface area contributed by atoms with E-state index in [1.807, 2.05) is 18.7 Å². The summed E-state index contributed by atoms with van der Waals surface area (Å²) >= 11 is 0. The normalized spacial score (nSPS) is 19.6. The third-order valence-corrected chi connectivity index (χ3v) is 6.90. The van der Waals surface area contributed by atoms with Gasteiger partial charge in [0.25, 0.3) is 0 Å². The second kappa shape index (κ2) is 8.89. The van der Waals surface area contributed by atoms with Gasteiger partial charge in [-0.25, -0.2) is 9.18 Å². The van der Waals surface area contributed by atoms with Crippen LogP contribution < -0.4 is 5.32 Å². The van der Waals surface area contributed by atoms with Crippen LogP contribution in [0.5, 0.6) is 0 Å². The highest BCUT2D eigenvalue weighted by molar-refractivity contribution is 5.83. The maximum absolute atomic E-state index is 13.6. The lowest BCUT2D eigenvalue weighted by Gasteiger charge is -2.37. The lowest BCUT2D eigenvalue weighted by molar-refractivity contribution is -0.138. The van der Waals surface area contributed by atoms with E-state index in [1.165, 1.54) is 12.1 Å². The molecule has 0 saturated carbocycles. The first kappa shape index (κ1) is 21.7. The molecule has 4 rings (SSSR count). The quantitative estimate of drug-likeness (QED) is 0.774. The number of fused-ring (bicyclic) bond motifs is 1. The van der Waals surface area contributed by atoms with Gasteiger partial charge >= 0.3 is 6.03 Å². The van der Waals surface area contributed by atoms with Crippen molar-refractivity contribution in [1.29, 1.82) is 0 Å². The maximum Gasteiger partial charge on any atom is 0.317 e. The SMILES string of the molecule is Cc1c(C(C)NC(=O)N2CCC(C(=O)N3CCC(C)CC3)CC2)oc2ccc(F)cc12. The average molecular weight is 430 g/mol. The molecule has 168 valence electrons. The molecule has 31 heavy (non-hydrogen) atoms. The number of carbonyl (C=O) groups is 2. The minimum Gasteiger partial charge on any atom is -0.459 e. The molecule has 2 aliphatic heterocycles. The van der Waals surface area contributed by atoms with Crippen LogP contribution in [0, 0.1) is 24.6 Å². The molecule has 2 aromatic rings. The fourth-order valence-corrected chi connectivity index (χ4v) is 4.78. The molecule has 0 bridgehead atoms. The van der Waals surface area contributed by atoms with Crippen molar-refractivity contribution < 1.29 is 18.4 Å². The predicted molar refractivity (Wildman–Crippen MR) is 117 cm³/mol. The third-order valence-electron chi connectivity index (χ3n) is 6.90. The van der Waals surface area contributed by atoms with Crippen molar-refractivity contribution in [2.75, 3.05) is 26.2 Å². The molecule has 0 spiro atoms. The number of benzene rings is 1. The fourth-order valence-electron chi connectivity index (χ4n) is 4.78. The van der Waals surface area contributed by atoms with Gasteiger partial charge in [0.2, 0.25) is 5.91 Å². The molecule has 2 saturated heterocycles. The van der Waals surface area contributed by atoms with Crippen LogP contribution in [0.1, 0.15) is 56.9 Å². The van der Waals surface area contributed by atoms with E-state index in [0.29, 0.717) is 43.2 Å². The number of hydrogen-bond acceptors (Lipinski definition) is 3. The Morgan fingerprint density at radius 1 is 1.10 bits per heavy atom. The molecule has 2 fully saturated rings. The number of urea groups is 1. The molecular formula is C24H32FN3O3. The number of aryl methyl sites for hydroxylation is 1. The van der Waals surface area contributed by atoms with E-state index in [-0.39, 0.29) is 29.7 Å². The van der Waals surface area contributed by atoms with Crippen molar-refractivity contribution in [3.63, 3.8) is 0 Å². The van der Waals surface area contributed by atoms with Crippen LogP contribution in [0.25, 0.3) is 11.0 Å². The first-order valence-corrected chi connectivity index (χ1v) is 11.4. The second-order valence-electron chi connectivity index (χ2n) is 9.17. The topological polar surface area (TPSA) is 65.8 Å². The van der Waals surface area contributed by atoms with Crippen LogP contribution in [0.2, 0.25) is 0 Å². The van der Waals surface area contributed by atoms with Gasteiger partial charge in [-0.2, -0.15) is 0 Å². The lowest BCUT2D eigenvalue weighted by atomic mass is 9.93. The van der Waals surface area contributed by atoms with Crippen LogP contribution in [0.15, 0.2) is 22.6 Å². The highest BCUT2D eigenvalue weighted by Gasteiger charge is 2.32. The van der Waals surface area contributed by atoms with Gasteiger partial charge in [0.15, 0.2) is 0 Å². The number of hydrogen-bond donors (Lipinski definition) is 1. The summed E-state index contributed by atoms with van der Waals surface area (Å²) in [6.45, 7) is 8.85. The molecule has 0 radical (unpaired) electrons. The molecule has 3 heterocycles. The molecule has 1 unspecified atom stereocenters. The van der Waals surface area contributed by atoms with Crippen LogP contribution >= 0.6 is 0 Å². The van der Waals surface area contributed by atoms with Gasteiger partial charge in [-0.05, 0) is 63.6 Å². The molecule has 2 aliphatic rings. The van der Waals surface area contributed by atoms with Gasteiger partial charge in [0.1, 0.15) is 17.2 Å². The van der Waals surface area contributed by atoms with Crippen molar-refractivity contribution in [1.82, 2.24) is 15.1 Å². The standard InChI is InChI=1S/C24H32FN3O3/c1-15-6-10-27(11-7-15)23(29)18-8-12-28(13-9-18)24(30)26-17(3)22-16(2)20-14-19(25)4-5-21(20)31-22/h4-5,14-15,17-18H,6-13H2,1-3H3,(H,26,30). The number of likely N-dealkylation sites (tertiary alicyclic amines) is 2. The lowest BCUT2D eigenvalue weighted by Crippen LogP contribution is -2.49. The van der Waals surface area contributed by atoms with E-state index in [0.717, 1.165) is 36.9 Å². The minimum absolute atomic E-state index is 0.0161. The van der Waals surface area contributed by atoms with Gasteiger partial charge in [0.05, 0.1) is 6.04 Å². The smallest absolute Gasteiger partial charge is 0.317 e. The highest BCUT2D eigenvalue weighted by atomic mass is 19.1. The number of nitrogens with zero attached hydrogens (tertiary/aromatic N) is 2. The van der Waals surface area contributed by atoms with E-state index in [2.05, 4.69) is 12.2 Å². The summed E-state index contributed by atoms with van der Waals surface area (Å²) in [6, 6.07) is 3.94. The van der Waals surface area contributed by atoms with Gasteiger partial charge in [-0.3, -0.25) is 4.79 Å².